The number of ether oxygens (including phenoxy) is 1. The van der Waals surface area contributed by atoms with E-state index in [1.807, 2.05) is 49.4 Å². The van der Waals surface area contributed by atoms with Gasteiger partial charge in [-0.05, 0) is 48.9 Å². The fourth-order valence-electron chi connectivity index (χ4n) is 3.48. The number of nitrogens with zero attached hydrogens (tertiary/aromatic N) is 3. The molecule has 0 unspecified atom stereocenters. The maximum absolute atomic E-state index is 12.2. The Hall–Kier alpha value is -3.32. The van der Waals surface area contributed by atoms with Gasteiger partial charge in [-0.25, -0.2) is 0 Å². The van der Waals surface area contributed by atoms with E-state index in [4.69, 9.17) is 20.9 Å². The molecule has 7 nitrogen and oxygen atoms in total. The van der Waals surface area contributed by atoms with Crippen LogP contribution in [0.1, 0.15) is 13.3 Å². The molecule has 0 aliphatic carbocycles. The van der Waals surface area contributed by atoms with Crippen LogP contribution in [0, 0.1) is 0 Å². The highest BCUT2D eigenvalue weighted by Crippen LogP contribution is 2.36. The standard InChI is InChI=1S/C21H17ClN4O3/c1-2-7-26-17-10-12(3-6-18(17)28-11-19(26)27)20-24-21(29-25-20)16-9-13-8-14(22)4-5-15(13)23-16/h3-6,8-10,23H,2,7,11H2,1H3. The zero-order valence-electron chi connectivity index (χ0n) is 15.6. The number of nitrogens with one attached hydrogen (secondary N) is 1. The lowest BCUT2D eigenvalue weighted by Gasteiger charge is -2.29. The number of H-pyrrole nitrogens is 1. The minimum absolute atomic E-state index is 0.0537. The van der Waals surface area contributed by atoms with Gasteiger partial charge in [0.2, 0.25) is 5.82 Å². The first-order valence-corrected chi connectivity index (χ1v) is 9.70. The lowest BCUT2D eigenvalue weighted by Crippen LogP contribution is -2.39. The van der Waals surface area contributed by atoms with Crippen molar-refractivity contribution in [2.45, 2.75) is 13.3 Å². The molecule has 1 aliphatic rings. The predicted molar refractivity (Wildman–Crippen MR) is 110 cm³/mol. The molecule has 0 saturated heterocycles. The normalized spacial score (nSPS) is 13.6. The largest absolute Gasteiger partial charge is 0.482 e. The van der Waals surface area contributed by atoms with Crippen molar-refractivity contribution in [3.8, 4) is 28.7 Å². The minimum atomic E-state index is -0.0537. The molecule has 0 radical (unpaired) electrons. The first-order chi connectivity index (χ1) is 14.1. The molecule has 4 aromatic rings. The second kappa shape index (κ2) is 6.93. The van der Waals surface area contributed by atoms with E-state index in [2.05, 4.69) is 15.1 Å². The summed E-state index contributed by atoms with van der Waals surface area (Å²) in [5, 5.41) is 5.74. The van der Waals surface area contributed by atoms with E-state index < -0.39 is 0 Å². The summed E-state index contributed by atoms with van der Waals surface area (Å²) in [4.78, 5) is 21.7. The molecule has 0 bridgehead atoms. The van der Waals surface area contributed by atoms with Crippen LogP contribution in [-0.4, -0.2) is 34.2 Å². The highest BCUT2D eigenvalue weighted by Gasteiger charge is 2.26. The summed E-state index contributed by atoms with van der Waals surface area (Å²) in [5.41, 5.74) is 3.12. The molecule has 3 heterocycles. The minimum Gasteiger partial charge on any atom is -0.482 e. The Bertz CT molecular complexity index is 1230. The van der Waals surface area contributed by atoms with Crippen LogP contribution in [0.25, 0.3) is 33.9 Å². The Morgan fingerprint density at radius 3 is 2.97 bits per heavy atom. The number of hydrogen-bond acceptors (Lipinski definition) is 5. The van der Waals surface area contributed by atoms with Gasteiger partial charge in [0.05, 0.1) is 5.69 Å². The van der Waals surface area contributed by atoms with Gasteiger partial charge < -0.3 is 19.1 Å². The molecular weight excluding hydrogens is 392 g/mol. The van der Waals surface area contributed by atoms with Crippen molar-refractivity contribution in [2.24, 2.45) is 0 Å². The van der Waals surface area contributed by atoms with Gasteiger partial charge in [-0.2, -0.15) is 4.98 Å². The van der Waals surface area contributed by atoms with Crippen molar-refractivity contribution in [3.05, 3.63) is 47.5 Å². The Morgan fingerprint density at radius 1 is 1.21 bits per heavy atom. The van der Waals surface area contributed by atoms with Crippen LogP contribution in [0.5, 0.6) is 5.75 Å². The van der Waals surface area contributed by atoms with Crippen LogP contribution >= 0.6 is 11.6 Å². The molecule has 0 atom stereocenters. The van der Waals surface area contributed by atoms with Crippen LogP contribution in [-0.2, 0) is 4.79 Å². The first-order valence-electron chi connectivity index (χ1n) is 9.32. The van der Waals surface area contributed by atoms with Crippen molar-refractivity contribution in [2.75, 3.05) is 18.1 Å². The highest BCUT2D eigenvalue weighted by molar-refractivity contribution is 6.31. The molecule has 1 amide bonds. The second-order valence-corrected chi connectivity index (χ2v) is 7.29. The van der Waals surface area contributed by atoms with Crippen molar-refractivity contribution in [1.82, 2.24) is 15.1 Å². The number of fused-ring (bicyclic) bond motifs is 2. The van der Waals surface area contributed by atoms with E-state index >= 15 is 0 Å². The smallest absolute Gasteiger partial charge is 0.274 e. The van der Waals surface area contributed by atoms with Gasteiger partial charge in [-0.15, -0.1) is 0 Å². The average Bonchev–Trinajstić information content (AvgIpc) is 3.36. The number of aromatic nitrogens is 3. The summed E-state index contributed by atoms with van der Waals surface area (Å²) in [5.74, 6) is 1.44. The monoisotopic (exact) mass is 408 g/mol. The Balaban J connectivity index is 1.51. The second-order valence-electron chi connectivity index (χ2n) is 6.85. The fourth-order valence-corrected chi connectivity index (χ4v) is 3.66. The van der Waals surface area contributed by atoms with Crippen LogP contribution in [0.15, 0.2) is 47.0 Å². The Kier molecular flexibility index (Phi) is 4.24. The molecule has 0 saturated carbocycles. The van der Waals surface area contributed by atoms with Gasteiger partial charge in [-0.1, -0.05) is 23.7 Å². The number of hydrogen-bond donors (Lipinski definition) is 1. The van der Waals surface area contributed by atoms with Crippen LogP contribution in [0.4, 0.5) is 5.69 Å². The van der Waals surface area contributed by atoms with Crippen molar-refractivity contribution in [1.29, 1.82) is 0 Å². The summed E-state index contributed by atoms with van der Waals surface area (Å²) in [7, 11) is 0. The zero-order valence-corrected chi connectivity index (χ0v) is 16.4. The lowest BCUT2D eigenvalue weighted by atomic mass is 10.1. The molecule has 1 aliphatic heterocycles. The Morgan fingerprint density at radius 2 is 2.10 bits per heavy atom. The molecule has 29 heavy (non-hydrogen) atoms. The summed E-state index contributed by atoms with van der Waals surface area (Å²) in [6.45, 7) is 2.72. The van der Waals surface area contributed by atoms with Gasteiger partial charge in [-0.3, -0.25) is 4.79 Å². The van der Waals surface area contributed by atoms with Crippen molar-refractivity contribution >= 4 is 34.1 Å². The summed E-state index contributed by atoms with van der Waals surface area (Å²) < 4.78 is 11.0. The van der Waals surface area contributed by atoms with Crippen LogP contribution in [0.3, 0.4) is 0 Å². The van der Waals surface area contributed by atoms with Gasteiger partial charge in [0, 0.05) is 28.0 Å². The molecule has 0 spiro atoms. The van der Waals surface area contributed by atoms with Crippen LogP contribution < -0.4 is 9.64 Å². The molecular formula is C21H17ClN4O3. The van der Waals surface area contributed by atoms with Gasteiger partial charge in [0.25, 0.3) is 11.8 Å². The maximum atomic E-state index is 12.2. The van der Waals surface area contributed by atoms with E-state index in [1.165, 1.54) is 0 Å². The van der Waals surface area contributed by atoms with Gasteiger partial charge in [0.15, 0.2) is 6.61 Å². The maximum Gasteiger partial charge on any atom is 0.274 e. The molecule has 0 fully saturated rings. The van der Waals surface area contributed by atoms with E-state index in [1.54, 1.807) is 4.90 Å². The third kappa shape index (κ3) is 3.13. The molecule has 1 N–H and O–H groups in total. The third-order valence-corrected chi connectivity index (χ3v) is 5.08. The van der Waals surface area contributed by atoms with E-state index in [0.29, 0.717) is 34.7 Å². The van der Waals surface area contributed by atoms with Crippen molar-refractivity contribution < 1.29 is 14.1 Å². The highest BCUT2D eigenvalue weighted by atomic mass is 35.5. The average molecular weight is 409 g/mol. The predicted octanol–water partition coefficient (Wildman–Crippen LogP) is 4.67. The number of rotatable bonds is 4. The lowest BCUT2D eigenvalue weighted by molar-refractivity contribution is -0.121. The number of anilines is 1. The number of benzene rings is 2. The molecule has 2 aromatic carbocycles. The number of amides is 1. The summed E-state index contributed by atoms with van der Waals surface area (Å²) in [6, 6.07) is 13.1. The molecule has 5 rings (SSSR count). The first kappa shape index (κ1) is 17.8. The molecule has 2 aromatic heterocycles. The van der Waals surface area contributed by atoms with Gasteiger partial charge >= 0.3 is 0 Å². The number of halogens is 1. The van der Waals surface area contributed by atoms with E-state index in [9.17, 15) is 4.79 Å². The van der Waals surface area contributed by atoms with Crippen molar-refractivity contribution in [3.63, 3.8) is 0 Å². The topological polar surface area (TPSA) is 84.3 Å². The number of aromatic amines is 1. The molecule has 8 heteroatoms. The van der Waals surface area contributed by atoms with E-state index in [-0.39, 0.29) is 12.5 Å². The molecule has 146 valence electrons. The number of carbonyl (C=O) groups excluding carboxylic acids is 1. The van der Waals surface area contributed by atoms with Crippen LogP contribution in [0.2, 0.25) is 5.02 Å². The zero-order chi connectivity index (χ0) is 20.0. The third-order valence-electron chi connectivity index (χ3n) is 4.85. The quantitative estimate of drug-likeness (QED) is 0.530. The van der Waals surface area contributed by atoms with E-state index in [0.717, 1.165) is 28.6 Å². The fraction of sp³-hybridized carbons (Fsp3) is 0.190. The summed E-state index contributed by atoms with van der Waals surface area (Å²) in [6.07, 6.45) is 0.853. The SMILES string of the molecule is CCCN1C(=O)COc2ccc(-c3noc(-c4cc5cc(Cl)ccc5[nH]4)n3)cc21. The summed E-state index contributed by atoms with van der Waals surface area (Å²) >= 11 is 6.06. The Labute approximate surface area is 171 Å². The van der Waals surface area contributed by atoms with Gasteiger partial charge in [0.1, 0.15) is 11.4 Å². The number of carbonyl (C=O) groups is 1.